The fourth-order valence-electron chi connectivity index (χ4n) is 2.96. The summed E-state index contributed by atoms with van der Waals surface area (Å²) >= 11 is 6.02. The van der Waals surface area contributed by atoms with Gasteiger partial charge in [-0.1, -0.05) is 31.5 Å². The monoisotopic (exact) mass is 385 g/mol. The molecule has 4 nitrogen and oxygen atoms in total. The van der Waals surface area contributed by atoms with Gasteiger partial charge < -0.3 is 5.32 Å². The second-order valence-electron chi connectivity index (χ2n) is 6.95. The summed E-state index contributed by atoms with van der Waals surface area (Å²) in [5.74, 6) is -0.604. The van der Waals surface area contributed by atoms with Crippen molar-refractivity contribution in [2.24, 2.45) is 5.41 Å². The summed E-state index contributed by atoms with van der Waals surface area (Å²) in [4.78, 5) is 12.5. The zero-order valence-corrected chi connectivity index (χ0v) is 15.2. The van der Waals surface area contributed by atoms with Crippen molar-refractivity contribution in [3.05, 3.63) is 46.7 Å². The van der Waals surface area contributed by atoms with Gasteiger partial charge in [0.05, 0.1) is 28.6 Å². The number of benzene rings is 1. The predicted octanol–water partition coefficient (Wildman–Crippen LogP) is 4.72. The lowest BCUT2D eigenvalue weighted by atomic mass is 10.0. The van der Waals surface area contributed by atoms with Crippen LogP contribution >= 0.6 is 11.6 Å². The molecule has 0 bridgehead atoms. The SMILES string of the molecule is CC(C)c1c(C(=O)NCC2(C(F)(F)F)CC2)cnn1-c1cccc(Cl)c1. The average Bonchev–Trinajstić information content (AvgIpc) is 3.23. The molecule has 0 spiro atoms. The van der Waals surface area contributed by atoms with Gasteiger partial charge in [-0.05, 0) is 37.0 Å². The quantitative estimate of drug-likeness (QED) is 0.809. The van der Waals surface area contributed by atoms with E-state index in [1.54, 1.807) is 28.9 Å². The van der Waals surface area contributed by atoms with Gasteiger partial charge in [-0.3, -0.25) is 4.79 Å². The van der Waals surface area contributed by atoms with Crippen molar-refractivity contribution in [1.82, 2.24) is 15.1 Å². The molecule has 1 aromatic carbocycles. The van der Waals surface area contributed by atoms with Crippen molar-refractivity contribution in [2.75, 3.05) is 6.54 Å². The number of nitrogens with one attached hydrogen (secondary N) is 1. The van der Waals surface area contributed by atoms with Gasteiger partial charge in [-0.2, -0.15) is 18.3 Å². The number of hydrogen-bond donors (Lipinski definition) is 1. The maximum absolute atomic E-state index is 13.0. The molecule has 0 atom stereocenters. The van der Waals surface area contributed by atoms with Crippen LogP contribution in [-0.4, -0.2) is 28.4 Å². The molecule has 0 aliphatic heterocycles. The normalized spacial score (nSPS) is 16.0. The third-order valence-electron chi connectivity index (χ3n) is 4.69. The molecule has 1 amide bonds. The van der Waals surface area contributed by atoms with Gasteiger partial charge in [-0.15, -0.1) is 0 Å². The summed E-state index contributed by atoms with van der Waals surface area (Å²) in [7, 11) is 0. The fourth-order valence-corrected chi connectivity index (χ4v) is 3.14. The van der Waals surface area contributed by atoms with Crippen molar-refractivity contribution in [2.45, 2.75) is 38.8 Å². The van der Waals surface area contributed by atoms with Crippen LogP contribution in [0.25, 0.3) is 5.69 Å². The van der Waals surface area contributed by atoms with Crippen LogP contribution in [0.3, 0.4) is 0 Å². The van der Waals surface area contributed by atoms with Crippen molar-refractivity contribution >= 4 is 17.5 Å². The van der Waals surface area contributed by atoms with E-state index in [2.05, 4.69) is 10.4 Å². The summed E-state index contributed by atoms with van der Waals surface area (Å²) in [6.45, 7) is 3.38. The number of carbonyl (C=O) groups excluding carboxylic acids is 1. The molecule has 1 aliphatic carbocycles. The van der Waals surface area contributed by atoms with E-state index in [-0.39, 0.29) is 24.3 Å². The largest absolute Gasteiger partial charge is 0.396 e. The third-order valence-corrected chi connectivity index (χ3v) is 4.93. The summed E-state index contributed by atoms with van der Waals surface area (Å²) in [6.07, 6.45) is -2.81. The van der Waals surface area contributed by atoms with E-state index in [1.165, 1.54) is 6.20 Å². The van der Waals surface area contributed by atoms with Gasteiger partial charge in [-0.25, -0.2) is 4.68 Å². The second kappa shape index (κ2) is 6.61. The highest BCUT2D eigenvalue weighted by Crippen LogP contribution is 2.57. The Morgan fingerprint density at radius 2 is 2.08 bits per heavy atom. The molecule has 2 aromatic rings. The number of hydrogen-bond acceptors (Lipinski definition) is 2. The van der Waals surface area contributed by atoms with Crippen LogP contribution in [0, 0.1) is 5.41 Å². The van der Waals surface area contributed by atoms with E-state index in [0.29, 0.717) is 16.4 Å². The summed E-state index contributed by atoms with van der Waals surface area (Å²) in [5, 5.41) is 7.22. The van der Waals surface area contributed by atoms with Gasteiger partial charge >= 0.3 is 6.18 Å². The topological polar surface area (TPSA) is 46.9 Å². The number of nitrogens with zero attached hydrogens (tertiary/aromatic N) is 2. The Kier molecular flexibility index (Phi) is 4.77. The lowest BCUT2D eigenvalue weighted by molar-refractivity contribution is -0.184. The zero-order valence-electron chi connectivity index (χ0n) is 14.4. The van der Waals surface area contributed by atoms with Crippen molar-refractivity contribution in [3.63, 3.8) is 0 Å². The lowest BCUT2D eigenvalue weighted by Crippen LogP contribution is -2.38. The van der Waals surface area contributed by atoms with E-state index >= 15 is 0 Å². The number of rotatable bonds is 5. The maximum atomic E-state index is 13.0. The third kappa shape index (κ3) is 3.45. The van der Waals surface area contributed by atoms with Crippen molar-refractivity contribution in [3.8, 4) is 5.69 Å². The van der Waals surface area contributed by atoms with Gasteiger partial charge in [0.15, 0.2) is 0 Å². The molecular formula is C18H19ClF3N3O. The zero-order chi connectivity index (χ0) is 19.1. The van der Waals surface area contributed by atoms with Gasteiger partial charge in [0.25, 0.3) is 5.91 Å². The Labute approximate surface area is 154 Å². The number of halogens is 4. The number of amides is 1. The van der Waals surface area contributed by atoms with Crippen LogP contribution in [-0.2, 0) is 0 Å². The van der Waals surface area contributed by atoms with E-state index in [1.807, 2.05) is 13.8 Å². The molecule has 1 aliphatic rings. The molecule has 3 rings (SSSR count). The highest BCUT2D eigenvalue weighted by Gasteiger charge is 2.63. The minimum atomic E-state index is -4.30. The smallest absolute Gasteiger partial charge is 0.351 e. The number of carbonyl (C=O) groups is 1. The molecule has 1 aromatic heterocycles. The summed E-state index contributed by atoms with van der Waals surface area (Å²) in [6, 6.07) is 7.01. The molecular weight excluding hydrogens is 367 g/mol. The van der Waals surface area contributed by atoms with Gasteiger partial charge in [0.2, 0.25) is 0 Å². The van der Waals surface area contributed by atoms with Crippen LogP contribution in [0.5, 0.6) is 0 Å². The van der Waals surface area contributed by atoms with E-state index in [9.17, 15) is 18.0 Å². The molecule has 1 N–H and O–H groups in total. The molecule has 26 heavy (non-hydrogen) atoms. The number of alkyl halides is 3. The van der Waals surface area contributed by atoms with E-state index in [4.69, 9.17) is 11.6 Å². The Bertz CT molecular complexity index is 825. The number of aromatic nitrogens is 2. The maximum Gasteiger partial charge on any atom is 0.396 e. The van der Waals surface area contributed by atoms with Crippen LogP contribution in [0.4, 0.5) is 13.2 Å². The van der Waals surface area contributed by atoms with Crippen LogP contribution in [0.1, 0.15) is 48.7 Å². The first-order valence-electron chi connectivity index (χ1n) is 8.33. The molecule has 1 saturated carbocycles. The Morgan fingerprint density at radius 3 is 2.62 bits per heavy atom. The molecule has 0 saturated heterocycles. The standard InChI is InChI=1S/C18H19ClF3N3O/c1-11(2)15-14(9-24-25(15)13-5-3-4-12(19)8-13)16(26)23-10-17(6-7-17)18(20,21)22/h3-5,8-9,11H,6-7,10H2,1-2H3,(H,23,26). The molecule has 1 fully saturated rings. The first-order chi connectivity index (χ1) is 12.1. The van der Waals surface area contributed by atoms with Crippen molar-refractivity contribution < 1.29 is 18.0 Å². The Balaban J connectivity index is 1.85. The first-order valence-corrected chi connectivity index (χ1v) is 8.71. The minimum Gasteiger partial charge on any atom is -0.351 e. The highest BCUT2D eigenvalue weighted by atomic mass is 35.5. The van der Waals surface area contributed by atoms with Gasteiger partial charge in [0.1, 0.15) is 0 Å². The lowest BCUT2D eigenvalue weighted by Gasteiger charge is -2.19. The average molecular weight is 386 g/mol. The van der Waals surface area contributed by atoms with Gasteiger partial charge in [0, 0.05) is 11.6 Å². The Hall–Kier alpha value is -2.02. The molecule has 140 valence electrons. The second-order valence-corrected chi connectivity index (χ2v) is 7.39. The van der Waals surface area contributed by atoms with E-state index in [0.717, 1.165) is 0 Å². The van der Waals surface area contributed by atoms with Crippen LogP contribution in [0.15, 0.2) is 30.5 Å². The van der Waals surface area contributed by atoms with E-state index < -0.39 is 24.0 Å². The fraction of sp³-hybridized carbons (Fsp3) is 0.444. The molecule has 0 unspecified atom stereocenters. The van der Waals surface area contributed by atoms with Crippen LogP contribution in [0.2, 0.25) is 5.02 Å². The summed E-state index contributed by atoms with van der Waals surface area (Å²) < 4.78 is 40.7. The molecule has 1 heterocycles. The summed E-state index contributed by atoms with van der Waals surface area (Å²) in [5.41, 5.74) is -0.183. The predicted molar refractivity (Wildman–Crippen MR) is 92.7 cm³/mol. The van der Waals surface area contributed by atoms with Crippen LogP contribution < -0.4 is 5.32 Å². The molecule has 0 radical (unpaired) electrons. The first kappa shape index (κ1) is 18.8. The van der Waals surface area contributed by atoms with Crippen molar-refractivity contribution in [1.29, 1.82) is 0 Å². The molecule has 8 heteroatoms. The Morgan fingerprint density at radius 1 is 1.38 bits per heavy atom. The highest BCUT2D eigenvalue weighted by molar-refractivity contribution is 6.30. The minimum absolute atomic E-state index is 0.0512.